The highest BCUT2D eigenvalue weighted by Gasteiger charge is 1.99. The predicted molar refractivity (Wildman–Crippen MR) is 68.1 cm³/mol. The van der Waals surface area contributed by atoms with E-state index in [1.807, 2.05) is 51.1 Å². The molecule has 0 spiro atoms. The van der Waals surface area contributed by atoms with Gasteiger partial charge in [0.05, 0.1) is 6.61 Å². The topological polar surface area (TPSA) is 26.3 Å². The summed E-state index contributed by atoms with van der Waals surface area (Å²) in [6, 6.07) is 9.76. The molecule has 0 bridgehead atoms. The van der Waals surface area contributed by atoms with E-state index in [4.69, 9.17) is 4.74 Å². The van der Waals surface area contributed by atoms with Crippen molar-refractivity contribution in [2.45, 2.75) is 27.7 Å². The largest absolute Gasteiger partial charge is 0.463 e. The Hall–Kier alpha value is -1.57. The molecule has 0 saturated heterocycles. The number of ether oxygens (including phenoxy) is 1. The second-order valence-corrected chi connectivity index (χ2v) is 2.95. The van der Waals surface area contributed by atoms with Crippen molar-refractivity contribution in [1.82, 2.24) is 0 Å². The van der Waals surface area contributed by atoms with Crippen molar-refractivity contribution in [3.8, 4) is 0 Å². The first-order valence-electron chi connectivity index (χ1n) is 5.64. The summed E-state index contributed by atoms with van der Waals surface area (Å²) in [6.45, 7) is 8.10. The normalized spacial score (nSPS) is 10.1. The molecule has 2 nitrogen and oxygen atoms in total. The van der Waals surface area contributed by atoms with Crippen molar-refractivity contribution >= 4 is 11.5 Å². The molecule has 88 valence electrons. The second kappa shape index (κ2) is 8.72. The number of hydrogen-bond donors (Lipinski definition) is 0. The molecule has 0 heterocycles. The Morgan fingerprint density at radius 2 is 1.81 bits per heavy atom. The lowest BCUT2D eigenvalue weighted by atomic mass is 10.1. The summed E-state index contributed by atoms with van der Waals surface area (Å²) in [5.41, 5.74) is 1.96. The van der Waals surface area contributed by atoms with Crippen molar-refractivity contribution in [2.75, 3.05) is 6.61 Å². The Morgan fingerprint density at radius 3 is 2.31 bits per heavy atom. The summed E-state index contributed by atoms with van der Waals surface area (Å²) >= 11 is 0. The van der Waals surface area contributed by atoms with Gasteiger partial charge in [0.25, 0.3) is 0 Å². The zero-order chi connectivity index (χ0) is 12.4. The van der Waals surface area contributed by atoms with Gasteiger partial charge in [-0.2, -0.15) is 0 Å². The van der Waals surface area contributed by atoms with Gasteiger partial charge in [-0.05, 0) is 25.0 Å². The predicted octanol–water partition coefficient (Wildman–Crippen LogP) is 3.68. The van der Waals surface area contributed by atoms with Gasteiger partial charge in [0.1, 0.15) is 0 Å². The van der Waals surface area contributed by atoms with Crippen molar-refractivity contribution in [3.05, 3.63) is 42.0 Å². The van der Waals surface area contributed by atoms with Crippen LogP contribution in [0.15, 0.2) is 36.4 Å². The first-order chi connectivity index (χ1) is 7.74. The maximum atomic E-state index is 11.1. The SMILES string of the molecule is CC.CCOC(=O)/C=C(\C)c1ccccc1. The third kappa shape index (κ3) is 5.35. The number of esters is 1. The smallest absolute Gasteiger partial charge is 0.331 e. The molecule has 0 fully saturated rings. The second-order valence-electron chi connectivity index (χ2n) is 2.95. The first kappa shape index (κ1) is 14.4. The molecule has 0 aliphatic heterocycles. The Balaban J connectivity index is 0.00000106. The number of carbonyl (C=O) groups is 1. The molecule has 16 heavy (non-hydrogen) atoms. The molecular weight excluding hydrogens is 200 g/mol. The maximum Gasteiger partial charge on any atom is 0.331 e. The van der Waals surface area contributed by atoms with E-state index in [1.165, 1.54) is 6.08 Å². The molecule has 0 aliphatic rings. The number of hydrogen-bond acceptors (Lipinski definition) is 2. The summed E-state index contributed by atoms with van der Waals surface area (Å²) in [5.74, 6) is -0.283. The van der Waals surface area contributed by atoms with E-state index >= 15 is 0 Å². The summed E-state index contributed by atoms with van der Waals surface area (Å²) in [6.07, 6.45) is 1.51. The standard InChI is InChI=1S/C12H14O2.C2H6/c1-3-14-12(13)9-10(2)11-7-5-4-6-8-11;1-2/h4-9H,3H2,1-2H3;1-2H3/b10-9+;. The third-order valence-electron chi connectivity index (χ3n) is 1.85. The highest BCUT2D eigenvalue weighted by atomic mass is 16.5. The summed E-state index contributed by atoms with van der Waals surface area (Å²) in [4.78, 5) is 11.1. The van der Waals surface area contributed by atoms with E-state index in [9.17, 15) is 4.79 Å². The molecule has 0 aromatic heterocycles. The lowest BCUT2D eigenvalue weighted by molar-refractivity contribution is -0.137. The van der Waals surface area contributed by atoms with Gasteiger partial charge in [-0.25, -0.2) is 4.79 Å². The minimum absolute atomic E-state index is 0.283. The fourth-order valence-corrected chi connectivity index (χ4v) is 1.15. The van der Waals surface area contributed by atoms with E-state index < -0.39 is 0 Å². The molecule has 1 rings (SSSR count). The van der Waals surface area contributed by atoms with Crippen LogP contribution in [-0.4, -0.2) is 12.6 Å². The van der Waals surface area contributed by atoms with Gasteiger partial charge >= 0.3 is 5.97 Å². The van der Waals surface area contributed by atoms with Gasteiger partial charge in [-0.1, -0.05) is 44.2 Å². The monoisotopic (exact) mass is 220 g/mol. The van der Waals surface area contributed by atoms with Gasteiger partial charge in [0, 0.05) is 6.08 Å². The van der Waals surface area contributed by atoms with E-state index in [0.29, 0.717) is 6.61 Å². The minimum atomic E-state index is -0.283. The van der Waals surface area contributed by atoms with Crippen LogP contribution in [0.25, 0.3) is 5.57 Å². The number of rotatable bonds is 3. The molecule has 0 saturated carbocycles. The highest BCUT2D eigenvalue weighted by molar-refractivity contribution is 5.90. The van der Waals surface area contributed by atoms with Crippen molar-refractivity contribution in [1.29, 1.82) is 0 Å². The fourth-order valence-electron chi connectivity index (χ4n) is 1.15. The van der Waals surface area contributed by atoms with Crippen LogP contribution in [0, 0.1) is 0 Å². The Kier molecular flexibility index (Phi) is 7.86. The molecule has 0 radical (unpaired) electrons. The molecule has 0 atom stereocenters. The lowest BCUT2D eigenvalue weighted by Gasteiger charge is -2.00. The summed E-state index contributed by atoms with van der Waals surface area (Å²) in [5, 5.41) is 0. The molecule has 0 amide bonds. The lowest BCUT2D eigenvalue weighted by Crippen LogP contribution is -2.00. The zero-order valence-electron chi connectivity index (χ0n) is 10.5. The van der Waals surface area contributed by atoms with Crippen LogP contribution >= 0.6 is 0 Å². The van der Waals surface area contributed by atoms with Gasteiger partial charge in [-0.3, -0.25) is 0 Å². The Labute approximate surface area is 97.9 Å². The molecule has 0 unspecified atom stereocenters. The molecule has 0 aliphatic carbocycles. The van der Waals surface area contributed by atoms with Crippen LogP contribution in [0.5, 0.6) is 0 Å². The highest BCUT2D eigenvalue weighted by Crippen LogP contribution is 2.12. The molecular formula is C14H20O2. The van der Waals surface area contributed by atoms with Crippen molar-refractivity contribution < 1.29 is 9.53 Å². The van der Waals surface area contributed by atoms with E-state index in [2.05, 4.69) is 0 Å². The quantitative estimate of drug-likeness (QED) is 0.573. The first-order valence-corrected chi connectivity index (χ1v) is 5.64. The van der Waals surface area contributed by atoms with E-state index in [1.54, 1.807) is 6.92 Å². The number of allylic oxidation sites excluding steroid dienone is 1. The van der Waals surface area contributed by atoms with Gasteiger partial charge in [0.15, 0.2) is 0 Å². The van der Waals surface area contributed by atoms with Crippen LogP contribution in [0.2, 0.25) is 0 Å². The average Bonchev–Trinajstić information content (AvgIpc) is 2.33. The zero-order valence-corrected chi connectivity index (χ0v) is 10.5. The van der Waals surface area contributed by atoms with Gasteiger partial charge in [0.2, 0.25) is 0 Å². The van der Waals surface area contributed by atoms with Gasteiger partial charge in [-0.15, -0.1) is 0 Å². The average molecular weight is 220 g/mol. The van der Waals surface area contributed by atoms with E-state index in [0.717, 1.165) is 11.1 Å². The van der Waals surface area contributed by atoms with Crippen LogP contribution in [0.4, 0.5) is 0 Å². The number of benzene rings is 1. The van der Waals surface area contributed by atoms with Crippen molar-refractivity contribution in [2.24, 2.45) is 0 Å². The van der Waals surface area contributed by atoms with Crippen LogP contribution < -0.4 is 0 Å². The maximum absolute atomic E-state index is 11.1. The van der Waals surface area contributed by atoms with Crippen LogP contribution in [0.3, 0.4) is 0 Å². The molecule has 2 heteroatoms. The Bertz CT molecular complexity index is 326. The molecule has 1 aromatic carbocycles. The van der Waals surface area contributed by atoms with Crippen LogP contribution in [0.1, 0.15) is 33.3 Å². The minimum Gasteiger partial charge on any atom is -0.463 e. The third-order valence-corrected chi connectivity index (χ3v) is 1.85. The van der Waals surface area contributed by atoms with E-state index in [-0.39, 0.29) is 5.97 Å². The number of carbonyl (C=O) groups excluding carboxylic acids is 1. The van der Waals surface area contributed by atoms with Crippen molar-refractivity contribution in [3.63, 3.8) is 0 Å². The fraction of sp³-hybridized carbons (Fsp3) is 0.357. The van der Waals surface area contributed by atoms with Crippen LogP contribution in [-0.2, 0) is 9.53 Å². The molecule has 0 N–H and O–H groups in total. The van der Waals surface area contributed by atoms with Gasteiger partial charge < -0.3 is 4.74 Å². The molecule has 1 aromatic rings. The summed E-state index contributed by atoms with van der Waals surface area (Å²) in [7, 11) is 0. The summed E-state index contributed by atoms with van der Waals surface area (Å²) < 4.78 is 4.82. The Morgan fingerprint density at radius 1 is 1.25 bits per heavy atom.